The first kappa shape index (κ1) is 20.3. The van der Waals surface area contributed by atoms with Crippen molar-refractivity contribution >= 4 is 21.8 Å². The number of aryl methyl sites for hydroxylation is 2. The Bertz CT molecular complexity index is 678. The highest BCUT2D eigenvalue weighted by atomic mass is 32.2. The molecule has 6 nitrogen and oxygen atoms in total. The molecule has 0 spiro atoms. The molecule has 1 amide bonds. The first-order valence-electron chi connectivity index (χ1n) is 7.98. The fraction of sp³-hybridized carbons (Fsp3) is 0.588. The lowest BCUT2D eigenvalue weighted by atomic mass is 10.1. The van der Waals surface area contributed by atoms with Gasteiger partial charge in [-0.3, -0.25) is 4.31 Å². The van der Waals surface area contributed by atoms with Crippen LogP contribution in [0.15, 0.2) is 18.2 Å². The molecule has 1 aromatic rings. The fourth-order valence-electron chi connectivity index (χ4n) is 2.38. The van der Waals surface area contributed by atoms with E-state index in [9.17, 15) is 13.2 Å². The van der Waals surface area contributed by atoms with Crippen molar-refractivity contribution in [3.8, 4) is 0 Å². The Morgan fingerprint density at radius 3 is 2.42 bits per heavy atom. The number of sulfonamides is 1. The Morgan fingerprint density at radius 1 is 1.29 bits per heavy atom. The number of benzene rings is 1. The van der Waals surface area contributed by atoms with Crippen LogP contribution in [0.3, 0.4) is 0 Å². The normalized spacial score (nSPS) is 11.9. The zero-order valence-electron chi connectivity index (χ0n) is 15.3. The van der Waals surface area contributed by atoms with E-state index in [1.165, 1.54) is 10.6 Å². The third-order valence-corrected chi connectivity index (χ3v) is 4.50. The first-order valence-corrected chi connectivity index (χ1v) is 9.83. The van der Waals surface area contributed by atoms with Gasteiger partial charge in [0.25, 0.3) is 0 Å². The van der Waals surface area contributed by atoms with Crippen molar-refractivity contribution in [3.05, 3.63) is 29.3 Å². The molecule has 0 aromatic heterocycles. The van der Waals surface area contributed by atoms with Crippen molar-refractivity contribution in [2.75, 3.05) is 23.7 Å². The minimum Gasteiger partial charge on any atom is -0.444 e. The summed E-state index contributed by atoms with van der Waals surface area (Å²) in [7, 11) is -3.46. The topological polar surface area (TPSA) is 75.7 Å². The summed E-state index contributed by atoms with van der Waals surface area (Å²) in [6.45, 7) is 9.50. The summed E-state index contributed by atoms with van der Waals surface area (Å²) in [6, 6.07) is 5.72. The van der Waals surface area contributed by atoms with Gasteiger partial charge in [0.15, 0.2) is 0 Å². The molecule has 0 radical (unpaired) electrons. The van der Waals surface area contributed by atoms with Crippen molar-refractivity contribution in [1.82, 2.24) is 5.32 Å². The van der Waals surface area contributed by atoms with Crippen LogP contribution >= 0.6 is 0 Å². The second-order valence-corrected chi connectivity index (χ2v) is 8.61. The highest BCUT2D eigenvalue weighted by Crippen LogP contribution is 2.27. The smallest absolute Gasteiger partial charge is 0.407 e. The number of hydrogen-bond donors (Lipinski definition) is 1. The highest BCUT2D eigenvalue weighted by Gasteiger charge is 2.22. The van der Waals surface area contributed by atoms with Crippen molar-refractivity contribution in [3.63, 3.8) is 0 Å². The number of nitrogens with zero attached hydrogens (tertiary/aromatic N) is 1. The van der Waals surface area contributed by atoms with Gasteiger partial charge in [-0.25, -0.2) is 13.2 Å². The molecule has 136 valence electrons. The zero-order valence-corrected chi connectivity index (χ0v) is 16.2. The van der Waals surface area contributed by atoms with Gasteiger partial charge in [0, 0.05) is 6.54 Å². The predicted octanol–water partition coefficient (Wildman–Crippen LogP) is 2.85. The molecule has 1 N–H and O–H groups in total. The molecule has 1 aromatic carbocycles. The highest BCUT2D eigenvalue weighted by molar-refractivity contribution is 7.92. The van der Waals surface area contributed by atoms with Crippen LogP contribution in [0.4, 0.5) is 10.5 Å². The second-order valence-electron chi connectivity index (χ2n) is 6.70. The molecule has 0 saturated carbocycles. The van der Waals surface area contributed by atoms with Crippen LogP contribution in [-0.2, 0) is 21.2 Å². The maximum Gasteiger partial charge on any atom is 0.407 e. The summed E-state index contributed by atoms with van der Waals surface area (Å²) in [6.07, 6.45) is 1.34. The van der Waals surface area contributed by atoms with Crippen LogP contribution in [0.1, 0.15) is 38.8 Å². The minimum absolute atomic E-state index is 0.149. The van der Waals surface area contributed by atoms with Gasteiger partial charge in [-0.15, -0.1) is 0 Å². The molecule has 0 unspecified atom stereocenters. The molecule has 1 rings (SSSR count). The van der Waals surface area contributed by atoms with Gasteiger partial charge in [0.1, 0.15) is 5.60 Å². The van der Waals surface area contributed by atoms with Gasteiger partial charge >= 0.3 is 6.09 Å². The lowest BCUT2D eigenvalue weighted by molar-refractivity contribution is 0.0529. The molecule has 24 heavy (non-hydrogen) atoms. The van der Waals surface area contributed by atoms with Crippen LogP contribution in [0.2, 0.25) is 0 Å². The molecular weight excluding hydrogens is 328 g/mol. The third-order valence-electron chi connectivity index (χ3n) is 3.34. The van der Waals surface area contributed by atoms with E-state index in [1.807, 2.05) is 32.0 Å². The zero-order chi connectivity index (χ0) is 18.5. The number of carbonyl (C=O) groups excluding carboxylic acids is 1. The van der Waals surface area contributed by atoms with Crippen LogP contribution in [0.5, 0.6) is 0 Å². The van der Waals surface area contributed by atoms with E-state index in [1.54, 1.807) is 20.8 Å². The number of anilines is 1. The first-order chi connectivity index (χ1) is 11.0. The number of rotatable bonds is 6. The Balaban J connectivity index is 2.93. The summed E-state index contributed by atoms with van der Waals surface area (Å²) < 4.78 is 31.0. The molecule has 0 aliphatic rings. The van der Waals surface area contributed by atoms with E-state index in [2.05, 4.69) is 5.32 Å². The number of hydrogen-bond acceptors (Lipinski definition) is 4. The quantitative estimate of drug-likeness (QED) is 0.850. The number of amides is 1. The van der Waals surface area contributed by atoms with Gasteiger partial charge < -0.3 is 10.1 Å². The molecule has 0 bridgehead atoms. The molecule has 7 heteroatoms. The number of ether oxygens (including phenoxy) is 1. The van der Waals surface area contributed by atoms with Gasteiger partial charge in [-0.05, 0) is 45.2 Å². The fourth-order valence-corrected chi connectivity index (χ4v) is 3.39. The van der Waals surface area contributed by atoms with Crippen LogP contribution in [0, 0.1) is 6.92 Å². The molecule has 0 fully saturated rings. The SMILES string of the molecule is CCc1cccc(C)c1N(CCNC(=O)OC(C)(C)C)S(C)(=O)=O. The van der Waals surface area contributed by atoms with Gasteiger partial charge in [-0.1, -0.05) is 25.1 Å². The van der Waals surface area contributed by atoms with Crippen molar-refractivity contribution < 1.29 is 17.9 Å². The van der Waals surface area contributed by atoms with E-state index in [0.29, 0.717) is 5.69 Å². The van der Waals surface area contributed by atoms with Crippen molar-refractivity contribution in [1.29, 1.82) is 0 Å². The predicted molar refractivity (Wildman–Crippen MR) is 97.0 cm³/mol. The Morgan fingerprint density at radius 2 is 1.92 bits per heavy atom. The minimum atomic E-state index is -3.46. The van der Waals surface area contributed by atoms with E-state index in [0.717, 1.165) is 17.5 Å². The molecule has 0 aliphatic carbocycles. The molecule has 0 heterocycles. The Labute approximate surface area is 145 Å². The lowest BCUT2D eigenvalue weighted by Gasteiger charge is -2.27. The third kappa shape index (κ3) is 6.03. The van der Waals surface area contributed by atoms with Crippen LogP contribution in [-0.4, -0.2) is 39.5 Å². The van der Waals surface area contributed by atoms with E-state index in [-0.39, 0.29) is 13.1 Å². The molecule has 0 saturated heterocycles. The van der Waals surface area contributed by atoms with Gasteiger partial charge in [0.05, 0.1) is 18.5 Å². The standard InChI is InChI=1S/C17H28N2O4S/c1-7-14-10-8-9-13(2)15(14)19(24(6,21)22)12-11-18-16(20)23-17(3,4)5/h8-10H,7,11-12H2,1-6H3,(H,18,20). The Hall–Kier alpha value is -1.76. The van der Waals surface area contributed by atoms with Gasteiger partial charge in [-0.2, -0.15) is 0 Å². The number of alkyl carbamates (subject to hydrolysis) is 1. The summed E-state index contributed by atoms with van der Waals surface area (Å²) >= 11 is 0. The maximum absolute atomic E-state index is 12.2. The molecular formula is C17H28N2O4S. The van der Waals surface area contributed by atoms with E-state index in [4.69, 9.17) is 4.74 Å². The van der Waals surface area contributed by atoms with Gasteiger partial charge in [0.2, 0.25) is 10.0 Å². The summed E-state index contributed by atoms with van der Waals surface area (Å²) in [5.74, 6) is 0. The second kappa shape index (κ2) is 7.88. The monoisotopic (exact) mass is 356 g/mol. The number of nitrogens with one attached hydrogen (secondary N) is 1. The number of para-hydroxylation sites is 1. The largest absolute Gasteiger partial charge is 0.444 e. The molecule has 0 atom stereocenters. The summed E-state index contributed by atoms with van der Waals surface area (Å²) in [5.41, 5.74) is 1.94. The summed E-state index contributed by atoms with van der Waals surface area (Å²) in [5, 5.41) is 2.60. The summed E-state index contributed by atoms with van der Waals surface area (Å²) in [4.78, 5) is 11.7. The van der Waals surface area contributed by atoms with Crippen molar-refractivity contribution in [2.24, 2.45) is 0 Å². The maximum atomic E-state index is 12.2. The van der Waals surface area contributed by atoms with Crippen molar-refractivity contribution in [2.45, 2.75) is 46.6 Å². The lowest BCUT2D eigenvalue weighted by Crippen LogP contribution is -2.40. The van der Waals surface area contributed by atoms with Crippen LogP contribution in [0.25, 0.3) is 0 Å². The van der Waals surface area contributed by atoms with Crippen LogP contribution < -0.4 is 9.62 Å². The molecule has 0 aliphatic heterocycles. The number of carbonyl (C=O) groups is 1. The van der Waals surface area contributed by atoms with E-state index < -0.39 is 21.7 Å². The Kier molecular flexibility index (Phi) is 6.66. The van der Waals surface area contributed by atoms with E-state index >= 15 is 0 Å². The average Bonchev–Trinajstić information content (AvgIpc) is 2.41. The average molecular weight is 356 g/mol.